The molecule has 0 aromatic carbocycles. The standard InChI is InChI=1S/C9H18O6/c1-12-6-5(4-10)15-9(11)8(14-3)7(6)13-2/h5-11H,4H2,1-3H3/t5-,6-,7+,8-,9?/m1/s1/i1D,2D,3D. The van der Waals surface area contributed by atoms with Gasteiger partial charge in [0.1, 0.15) is 24.4 Å². The third kappa shape index (κ3) is 2.47. The molecule has 1 fully saturated rings. The van der Waals surface area contributed by atoms with Crippen molar-refractivity contribution >= 4 is 0 Å². The van der Waals surface area contributed by atoms with Gasteiger partial charge in [-0.1, -0.05) is 0 Å². The Kier molecular flexibility index (Phi) is 3.39. The zero-order valence-electron chi connectivity index (χ0n) is 11.2. The fraction of sp³-hybridized carbons (Fsp3) is 1.00. The lowest BCUT2D eigenvalue weighted by atomic mass is 9.99. The Hall–Kier alpha value is -0.240. The molecule has 6 nitrogen and oxygen atoms in total. The summed E-state index contributed by atoms with van der Waals surface area (Å²) in [5.41, 5.74) is 0. The average molecular weight is 225 g/mol. The summed E-state index contributed by atoms with van der Waals surface area (Å²) in [6, 6.07) is 0. The molecule has 0 aromatic heterocycles. The molecule has 90 valence electrons. The molecule has 5 atom stereocenters. The maximum absolute atomic E-state index is 9.70. The number of aliphatic hydroxyl groups excluding tert-OH is 2. The summed E-state index contributed by atoms with van der Waals surface area (Å²) in [7, 11) is -1.20. The van der Waals surface area contributed by atoms with Crippen LogP contribution in [0.5, 0.6) is 0 Å². The van der Waals surface area contributed by atoms with E-state index >= 15 is 0 Å². The molecule has 0 bridgehead atoms. The van der Waals surface area contributed by atoms with E-state index in [1.54, 1.807) is 0 Å². The number of hydrogen-bond donors (Lipinski definition) is 2. The molecule has 1 aliphatic rings. The van der Waals surface area contributed by atoms with Crippen LogP contribution in [-0.2, 0) is 18.9 Å². The van der Waals surface area contributed by atoms with Crippen LogP contribution in [0.15, 0.2) is 0 Å². The molecule has 0 spiro atoms. The van der Waals surface area contributed by atoms with E-state index in [1.165, 1.54) is 0 Å². The van der Waals surface area contributed by atoms with Crippen molar-refractivity contribution in [3.63, 3.8) is 0 Å². The topological polar surface area (TPSA) is 77.4 Å². The van der Waals surface area contributed by atoms with Crippen molar-refractivity contribution in [3.05, 3.63) is 0 Å². The van der Waals surface area contributed by atoms with Gasteiger partial charge in [0.05, 0.1) is 10.7 Å². The fourth-order valence-electron chi connectivity index (χ4n) is 1.61. The third-order valence-corrected chi connectivity index (χ3v) is 2.37. The molecular formula is C9H18O6. The normalized spacial score (nSPS) is 44.4. The monoisotopic (exact) mass is 225 g/mol. The fourth-order valence-corrected chi connectivity index (χ4v) is 1.61. The first-order valence-electron chi connectivity index (χ1n) is 6.48. The highest BCUT2D eigenvalue weighted by molar-refractivity contribution is 4.91. The molecule has 1 unspecified atom stereocenters. The minimum absolute atomic E-state index is 0.383. The zero-order chi connectivity index (χ0) is 13.5. The van der Waals surface area contributed by atoms with Gasteiger partial charge in [-0.05, 0) is 0 Å². The van der Waals surface area contributed by atoms with Gasteiger partial charge in [0.2, 0.25) is 0 Å². The summed E-state index contributed by atoms with van der Waals surface area (Å²) in [6.07, 6.45) is -4.95. The molecule has 2 N–H and O–H groups in total. The predicted molar refractivity (Wildman–Crippen MR) is 50.4 cm³/mol. The van der Waals surface area contributed by atoms with E-state index in [2.05, 4.69) is 0 Å². The van der Waals surface area contributed by atoms with Crippen LogP contribution in [0.25, 0.3) is 0 Å². The molecule has 1 saturated heterocycles. The second-order valence-corrected chi connectivity index (χ2v) is 3.14. The van der Waals surface area contributed by atoms with E-state index in [9.17, 15) is 5.11 Å². The Balaban J connectivity index is 2.84. The largest absolute Gasteiger partial charge is 0.394 e. The van der Waals surface area contributed by atoms with E-state index in [1.807, 2.05) is 0 Å². The summed E-state index contributed by atoms with van der Waals surface area (Å²) in [4.78, 5) is 0. The quantitative estimate of drug-likeness (QED) is 0.622. The van der Waals surface area contributed by atoms with Gasteiger partial charge >= 0.3 is 0 Å². The summed E-state index contributed by atoms with van der Waals surface area (Å²) >= 11 is 0. The van der Waals surface area contributed by atoms with Gasteiger partial charge in [-0.2, -0.15) is 0 Å². The first-order chi connectivity index (χ1) is 8.69. The summed E-state index contributed by atoms with van der Waals surface area (Å²) < 4.78 is 41.4. The first-order valence-corrected chi connectivity index (χ1v) is 4.36. The van der Waals surface area contributed by atoms with Crippen molar-refractivity contribution in [1.82, 2.24) is 0 Å². The molecule has 6 heteroatoms. The van der Waals surface area contributed by atoms with Crippen LogP contribution in [0.1, 0.15) is 4.11 Å². The van der Waals surface area contributed by atoms with Gasteiger partial charge in [-0.15, -0.1) is 0 Å². The molecule has 0 amide bonds. The number of hydrogen-bond acceptors (Lipinski definition) is 6. The molecule has 1 rings (SSSR count). The molecule has 0 saturated carbocycles. The van der Waals surface area contributed by atoms with Crippen molar-refractivity contribution < 1.29 is 33.3 Å². The minimum Gasteiger partial charge on any atom is -0.394 e. The smallest absolute Gasteiger partial charge is 0.184 e. The lowest BCUT2D eigenvalue weighted by Crippen LogP contribution is -2.60. The summed E-state index contributed by atoms with van der Waals surface area (Å²) in [5.74, 6) is 0. The third-order valence-electron chi connectivity index (χ3n) is 2.37. The molecule has 1 heterocycles. The Labute approximate surface area is 92.9 Å². The Morgan fingerprint density at radius 3 is 2.33 bits per heavy atom. The molecule has 0 radical (unpaired) electrons. The van der Waals surface area contributed by atoms with Crippen LogP contribution in [0, 0.1) is 0 Å². The lowest BCUT2D eigenvalue weighted by Gasteiger charge is -2.42. The highest BCUT2D eigenvalue weighted by Gasteiger charge is 2.46. The highest BCUT2D eigenvalue weighted by Crippen LogP contribution is 2.25. The number of rotatable bonds is 4. The van der Waals surface area contributed by atoms with Gasteiger partial charge in [0.25, 0.3) is 0 Å². The maximum Gasteiger partial charge on any atom is 0.184 e. The average Bonchev–Trinajstić information content (AvgIpc) is 2.36. The van der Waals surface area contributed by atoms with Crippen molar-refractivity contribution in [2.24, 2.45) is 0 Å². The van der Waals surface area contributed by atoms with Gasteiger partial charge in [0, 0.05) is 21.3 Å². The van der Waals surface area contributed by atoms with Crippen molar-refractivity contribution in [1.29, 1.82) is 0 Å². The van der Waals surface area contributed by atoms with Crippen molar-refractivity contribution in [2.45, 2.75) is 30.7 Å². The van der Waals surface area contributed by atoms with Crippen LogP contribution in [0.3, 0.4) is 0 Å². The number of methoxy groups -OCH3 is 3. The van der Waals surface area contributed by atoms with Crippen molar-refractivity contribution in [3.8, 4) is 0 Å². The highest BCUT2D eigenvalue weighted by atomic mass is 16.7. The van der Waals surface area contributed by atoms with Gasteiger partial charge in [0.15, 0.2) is 6.29 Å². The SMILES string of the molecule is [2H]CO[C@H]1[C@H](OC[2H])[C@@H](OC[2H])C(O)O[C@@H]1CO. The van der Waals surface area contributed by atoms with Gasteiger partial charge in [-0.3, -0.25) is 0 Å². The first kappa shape index (κ1) is 8.86. The Morgan fingerprint density at radius 2 is 1.73 bits per heavy atom. The molecular weight excluding hydrogens is 204 g/mol. The van der Waals surface area contributed by atoms with Crippen LogP contribution < -0.4 is 0 Å². The van der Waals surface area contributed by atoms with E-state index in [-0.39, 0.29) is 7.09 Å². The Morgan fingerprint density at radius 1 is 1.13 bits per heavy atom. The van der Waals surface area contributed by atoms with Crippen LogP contribution in [0.4, 0.5) is 0 Å². The predicted octanol–water partition coefficient (Wildman–Crippen LogP) is -1.26. The van der Waals surface area contributed by atoms with E-state index < -0.39 is 51.5 Å². The van der Waals surface area contributed by atoms with Crippen LogP contribution >= 0.6 is 0 Å². The Bertz CT molecular complexity index is 234. The molecule has 1 aliphatic heterocycles. The zero-order valence-corrected chi connectivity index (χ0v) is 8.24. The molecule has 15 heavy (non-hydrogen) atoms. The molecule has 0 aromatic rings. The summed E-state index contributed by atoms with van der Waals surface area (Å²) in [5, 5.41) is 18.8. The second kappa shape index (κ2) is 5.74. The van der Waals surface area contributed by atoms with Crippen molar-refractivity contribution in [2.75, 3.05) is 27.9 Å². The number of ether oxygens (including phenoxy) is 4. The molecule has 0 aliphatic carbocycles. The minimum atomic E-state index is -1.38. The summed E-state index contributed by atoms with van der Waals surface area (Å²) in [6.45, 7) is -0.423. The van der Waals surface area contributed by atoms with E-state index in [0.717, 1.165) is 0 Å². The second-order valence-electron chi connectivity index (χ2n) is 3.14. The number of aliphatic hydroxyl groups is 2. The van der Waals surface area contributed by atoms with Crippen LogP contribution in [-0.4, -0.2) is 68.8 Å². The van der Waals surface area contributed by atoms with Gasteiger partial charge < -0.3 is 29.2 Å². The van der Waals surface area contributed by atoms with Crippen LogP contribution in [0.2, 0.25) is 0 Å². The van der Waals surface area contributed by atoms with Gasteiger partial charge in [-0.25, -0.2) is 0 Å². The maximum atomic E-state index is 9.70. The van der Waals surface area contributed by atoms with E-state index in [4.69, 9.17) is 28.2 Å². The lowest BCUT2D eigenvalue weighted by molar-refractivity contribution is -0.299. The van der Waals surface area contributed by atoms with E-state index in [0.29, 0.717) is 0 Å².